The molecule has 0 aromatic rings. The highest BCUT2D eigenvalue weighted by Gasteiger charge is 2.47. The molecular weight excluding hydrogens is 749 g/mol. The number of fused-ring (bicyclic) bond motifs is 2. The molecule has 62 heavy (non-hydrogen) atoms. The lowest BCUT2D eigenvalue weighted by molar-refractivity contribution is -0.0486. The Labute approximate surface area is 384 Å². The Bertz CT molecular complexity index is 1250. The molecule has 0 aliphatic heterocycles. The first-order valence-electron chi connectivity index (χ1n) is 29.6. The first-order chi connectivity index (χ1) is 30.7. The van der Waals surface area contributed by atoms with Gasteiger partial charge in [-0.15, -0.1) is 0 Å². The number of rotatable bonds is 11. The Kier molecular flexibility index (Phi) is 16.4. The summed E-state index contributed by atoms with van der Waals surface area (Å²) in [5, 5.41) is 0. The molecule has 6 atom stereocenters. The van der Waals surface area contributed by atoms with Crippen LogP contribution in [0.2, 0.25) is 0 Å². The monoisotopic (exact) mass is 849 g/mol. The minimum atomic E-state index is 0.871. The van der Waals surface area contributed by atoms with Gasteiger partial charge in [-0.1, -0.05) is 127 Å². The van der Waals surface area contributed by atoms with Gasteiger partial charge in [0.15, 0.2) is 0 Å². The molecule has 2 heteroatoms. The van der Waals surface area contributed by atoms with Crippen molar-refractivity contribution in [3.63, 3.8) is 0 Å². The van der Waals surface area contributed by atoms with Gasteiger partial charge in [0.05, 0.1) is 0 Å². The van der Waals surface area contributed by atoms with Gasteiger partial charge >= 0.3 is 0 Å². The third-order valence-electron chi connectivity index (χ3n) is 21.8. The number of allylic oxidation sites excluding steroid dienone is 4. The normalized spacial score (nSPS) is 43.5. The molecule has 0 saturated heterocycles. The van der Waals surface area contributed by atoms with E-state index in [1.165, 1.54) is 193 Å². The van der Waals surface area contributed by atoms with E-state index < -0.39 is 0 Å². The number of hydrogen-bond donors (Lipinski definition) is 0. The van der Waals surface area contributed by atoms with Crippen LogP contribution in [-0.4, -0.2) is 46.1 Å². The molecule has 6 unspecified atom stereocenters. The van der Waals surface area contributed by atoms with E-state index in [9.17, 15) is 0 Å². The quantitative estimate of drug-likeness (QED) is 0.191. The van der Waals surface area contributed by atoms with Crippen molar-refractivity contribution in [2.24, 2.45) is 59.2 Å². The Morgan fingerprint density at radius 1 is 0.210 bits per heavy atom. The van der Waals surface area contributed by atoms with Crippen LogP contribution in [0.5, 0.6) is 0 Å². The van der Waals surface area contributed by atoms with Crippen LogP contribution in [0.1, 0.15) is 257 Å². The van der Waals surface area contributed by atoms with E-state index in [2.05, 4.69) is 34.1 Å². The van der Waals surface area contributed by atoms with Crippen molar-refractivity contribution in [3.8, 4) is 0 Å². The van der Waals surface area contributed by atoms with Crippen molar-refractivity contribution < 1.29 is 0 Å². The van der Waals surface area contributed by atoms with Gasteiger partial charge in [-0.3, -0.25) is 9.80 Å². The van der Waals surface area contributed by atoms with Gasteiger partial charge in [0.25, 0.3) is 0 Å². The highest BCUT2D eigenvalue weighted by molar-refractivity contribution is 5.03. The largest absolute Gasteiger partial charge is 0.294 e. The van der Waals surface area contributed by atoms with Gasteiger partial charge in [0, 0.05) is 36.3 Å². The highest BCUT2D eigenvalue weighted by atomic mass is 15.2. The first-order valence-corrected chi connectivity index (χ1v) is 29.6. The molecule has 0 aromatic heterocycles. The van der Waals surface area contributed by atoms with Gasteiger partial charge in [-0.25, -0.2) is 0 Å². The highest BCUT2D eigenvalue weighted by Crippen LogP contribution is 2.50. The fraction of sp³-hybridized carbons (Fsp3) is 0.933. The van der Waals surface area contributed by atoms with Crippen LogP contribution < -0.4 is 0 Å². The summed E-state index contributed by atoms with van der Waals surface area (Å²) in [6, 6.07) is 5.39. The van der Waals surface area contributed by atoms with Gasteiger partial charge in [-0.2, -0.15) is 0 Å². The fourth-order valence-electron chi connectivity index (χ4n) is 18.4. The Hall–Kier alpha value is -0.600. The van der Waals surface area contributed by atoms with Gasteiger partial charge in [-0.05, 0) is 213 Å². The lowest BCUT2D eigenvalue weighted by atomic mass is 9.65. The Morgan fingerprint density at radius 3 is 0.871 bits per heavy atom. The van der Waals surface area contributed by atoms with E-state index in [0.717, 1.165) is 95.4 Å². The van der Waals surface area contributed by atoms with Crippen molar-refractivity contribution in [1.29, 1.82) is 0 Å². The lowest BCUT2D eigenvalue weighted by Crippen LogP contribution is -2.57. The van der Waals surface area contributed by atoms with E-state index in [1.54, 1.807) is 64.2 Å². The van der Waals surface area contributed by atoms with E-state index in [-0.39, 0.29) is 0 Å². The summed E-state index contributed by atoms with van der Waals surface area (Å²) in [4.78, 5) is 6.74. The summed E-state index contributed by atoms with van der Waals surface area (Å²) in [6.07, 6.45) is 71.4. The first kappa shape index (κ1) is 45.2. The zero-order chi connectivity index (χ0) is 41.5. The molecule has 10 fully saturated rings. The maximum Gasteiger partial charge on any atom is 0.0132 e. The average Bonchev–Trinajstić information content (AvgIpc) is 3.35. The smallest absolute Gasteiger partial charge is 0.0132 e. The molecule has 0 radical (unpaired) electrons. The van der Waals surface area contributed by atoms with Crippen LogP contribution in [0.25, 0.3) is 0 Å². The maximum absolute atomic E-state index is 3.37. The molecule has 10 saturated carbocycles. The minimum Gasteiger partial charge on any atom is -0.294 e. The predicted molar refractivity (Wildman–Crippen MR) is 264 cm³/mol. The fourth-order valence-corrected chi connectivity index (χ4v) is 18.4. The minimum absolute atomic E-state index is 0.871. The molecular formula is C60H100N2. The summed E-state index contributed by atoms with van der Waals surface area (Å²) in [5.74, 6) is 9.77. The summed E-state index contributed by atoms with van der Waals surface area (Å²) in [5.41, 5.74) is 0. The summed E-state index contributed by atoms with van der Waals surface area (Å²) < 4.78 is 0. The number of hydrogen-bond acceptors (Lipinski definition) is 2. The molecule has 0 N–H and O–H groups in total. The van der Waals surface area contributed by atoms with E-state index in [4.69, 9.17) is 0 Å². The maximum atomic E-state index is 3.37. The molecule has 10 rings (SSSR count). The predicted octanol–water partition coefficient (Wildman–Crippen LogP) is 16.8. The van der Waals surface area contributed by atoms with E-state index >= 15 is 0 Å². The SMILES string of the molecule is C(=CC1CCC(N(C2CCC(C3CCC(N(C4CCC(C=CC5CCCCC5)CC4)C4CCCC5CCCCC54)CC3)CC2)C2CCCC3CCCCC32)CC1)C1CCCCC1. The average molecular weight is 849 g/mol. The summed E-state index contributed by atoms with van der Waals surface area (Å²) in [7, 11) is 0. The molecule has 0 heterocycles. The Balaban J connectivity index is 0.763. The third kappa shape index (κ3) is 11.1. The standard InChI is InChI=1S/C60H100N2/c1-3-13-45(14-4-1)25-27-47-29-37-53(38-30-47)61(59-23-11-19-51-17-7-9-21-57(51)59)55-41-33-49(34-42-55)50-35-43-56(44-36-50)62(60-24-12-20-52-18-8-10-22-58(52)60)54-39-31-48(32-40-54)28-26-46-15-5-2-6-16-46/h25-28,45-60H,1-24,29-44H2. The third-order valence-corrected chi connectivity index (χ3v) is 21.8. The van der Waals surface area contributed by atoms with Gasteiger partial charge < -0.3 is 0 Å². The van der Waals surface area contributed by atoms with Crippen molar-refractivity contribution in [1.82, 2.24) is 9.80 Å². The molecule has 10 aliphatic rings. The zero-order valence-corrected chi connectivity index (χ0v) is 40.7. The molecule has 0 bridgehead atoms. The van der Waals surface area contributed by atoms with Gasteiger partial charge in [0.2, 0.25) is 0 Å². The van der Waals surface area contributed by atoms with Crippen LogP contribution in [0.4, 0.5) is 0 Å². The molecule has 2 nitrogen and oxygen atoms in total. The molecule has 0 amide bonds. The van der Waals surface area contributed by atoms with Crippen LogP contribution in [0, 0.1) is 59.2 Å². The second-order valence-corrected chi connectivity index (χ2v) is 25.1. The molecule has 0 spiro atoms. The van der Waals surface area contributed by atoms with Crippen LogP contribution in [0.3, 0.4) is 0 Å². The van der Waals surface area contributed by atoms with Crippen molar-refractivity contribution >= 4 is 0 Å². The second kappa shape index (κ2) is 22.5. The summed E-state index contributed by atoms with van der Waals surface area (Å²) in [6.45, 7) is 0. The molecule has 0 aromatic carbocycles. The van der Waals surface area contributed by atoms with E-state index in [0.29, 0.717) is 0 Å². The van der Waals surface area contributed by atoms with Crippen molar-refractivity contribution in [2.45, 2.75) is 293 Å². The molecule has 350 valence electrons. The number of nitrogens with zero attached hydrogens (tertiary/aromatic N) is 2. The van der Waals surface area contributed by atoms with Crippen LogP contribution in [0.15, 0.2) is 24.3 Å². The summed E-state index contributed by atoms with van der Waals surface area (Å²) >= 11 is 0. The van der Waals surface area contributed by atoms with E-state index in [1.807, 2.05) is 0 Å². The van der Waals surface area contributed by atoms with Crippen LogP contribution in [-0.2, 0) is 0 Å². The van der Waals surface area contributed by atoms with Gasteiger partial charge in [0.1, 0.15) is 0 Å². The second-order valence-electron chi connectivity index (χ2n) is 25.1. The lowest BCUT2D eigenvalue weighted by Gasteiger charge is -2.55. The zero-order valence-electron chi connectivity index (χ0n) is 40.7. The topological polar surface area (TPSA) is 6.48 Å². The Morgan fingerprint density at radius 2 is 0.500 bits per heavy atom. The van der Waals surface area contributed by atoms with Crippen molar-refractivity contribution in [3.05, 3.63) is 24.3 Å². The van der Waals surface area contributed by atoms with Crippen LogP contribution >= 0.6 is 0 Å². The molecule has 10 aliphatic carbocycles. The van der Waals surface area contributed by atoms with Crippen molar-refractivity contribution in [2.75, 3.05) is 0 Å².